The second-order valence-corrected chi connectivity index (χ2v) is 9.50. The van der Waals surface area contributed by atoms with Crippen LogP contribution >= 0.6 is 0 Å². The van der Waals surface area contributed by atoms with E-state index in [4.69, 9.17) is 0 Å². The van der Waals surface area contributed by atoms with Crippen LogP contribution in [0, 0.1) is 11.3 Å². The number of fused-ring (bicyclic) bond motifs is 2. The number of hydrogen-bond donors (Lipinski definition) is 2. The predicted octanol–water partition coefficient (Wildman–Crippen LogP) is 1.65. The molecule has 2 heterocycles. The summed E-state index contributed by atoms with van der Waals surface area (Å²) in [7, 11) is -3.53. The van der Waals surface area contributed by atoms with Crippen molar-refractivity contribution < 1.29 is 13.2 Å². The maximum absolute atomic E-state index is 13.6. The van der Waals surface area contributed by atoms with Gasteiger partial charge in [0.2, 0.25) is 15.9 Å². The Bertz CT molecular complexity index is 823. The smallest absolute Gasteiger partial charge is 0.240 e. The second-order valence-electron chi connectivity index (χ2n) is 7.73. The summed E-state index contributed by atoms with van der Waals surface area (Å²) in [5.41, 5.74) is 1.53. The van der Waals surface area contributed by atoms with E-state index < -0.39 is 10.0 Å². The Morgan fingerprint density at radius 2 is 2.23 bits per heavy atom. The van der Waals surface area contributed by atoms with Crippen molar-refractivity contribution in [2.24, 2.45) is 11.3 Å². The van der Waals surface area contributed by atoms with Gasteiger partial charge in [0, 0.05) is 25.3 Å². The van der Waals surface area contributed by atoms with Crippen LogP contribution in [0.1, 0.15) is 38.2 Å². The van der Waals surface area contributed by atoms with Crippen molar-refractivity contribution in [3.8, 4) is 0 Å². The van der Waals surface area contributed by atoms with E-state index in [9.17, 15) is 13.2 Å². The second kappa shape index (κ2) is 6.62. The number of nitrogens with one attached hydrogen (secondary N) is 2. The SMILES string of the molecule is CCNS(=O)(=O)c1ccc2c(c1)N(C(=O)[C@@]13CCCC[C@H]1CNC3)CC2. The highest BCUT2D eigenvalue weighted by Crippen LogP contribution is 2.46. The van der Waals surface area contributed by atoms with Gasteiger partial charge in [-0.1, -0.05) is 25.8 Å². The molecule has 0 aromatic heterocycles. The molecule has 2 atom stereocenters. The van der Waals surface area contributed by atoms with Gasteiger partial charge in [0.05, 0.1) is 10.3 Å². The van der Waals surface area contributed by atoms with Crippen LogP contribution in [0.5, 0.6) is 0 Å². The zero-order valence-electron chi connectivity index (χ0n) is 15.3. The molecule has 1 saturated heterocycles. The lowest BCUT2D eigenvalue weighted by atomic mass is 9.67. The Morgan fingerprint density at radius 1 is 1.38 bits per heavy atom. The first-order valence-electron chi connectivity index (χ1n) is 9.63. The summed E-state index contributed by atoms with van der Waals surface area (Å²) in [4.78, 5) is 15.7. The van der Waals surface area contributed by atoms with Gasteiger partial charge in [0.1, 0.15) is 0 Å². The molecule has 3 aliphatic rings. The fraction of sp³-hybridized carbons (Fsp3) is 0.632. The summed E-state index contributed by atoms with van der Waals surface area (Å²) in [6.45, 7) is 4.42. The number of benzene rings is 1. The number of rotatable bonds is 4. The van der Waals surface area contributed by atoms with Gasteiger partial charge in [0.25, 0.3) is 0 Å². The fourth-order valence-corrected chi connectivity index (χ4v) is 6.01. The molecule has 1 aliphatic carbocycles. The van der Waals surface area contributed by atoms with E-state index in [1.165, 1.54) is 6.42 Å². The van der Waals surface area contributed by atoms with Gasteiger partial charge in [-0.15, -0.1) is 0 Å². The number of sulfonamides is 1. The van der Waals surface area contributed by atoms with Crippen LogP contribution in [0.3, 0.4) is 0 Å². The first kappa shape index (κ1) is 17.9. The third-order valence-electron chi connectivity index (χ3n) is 6.31. The third kappa shape index (κ3) is 2.77. The van der Waals surface area contributed by atoms with Crippen molar-refractivity contribution in [2.75, 3.05) is 31.1 Å². The van der Waals surface area contributed by atoms with Crippen molar-refractivity contribution in [3.05, 3.63) is 23.8 Å². The molecule has 0 bridgehead atoms. The first-order chi connectivity index (χ1) is 12.5. The first-order valence-corrected chi connectivity index (χ1v) is 11.1. The Labute approximate surface area is 155 Å². The molecule has 0 unspecified atom stereocenters. The van der Waals surface area contributed by atoms with E-state index in [2.05, 4.69) is 10.0 Å². The third-order valence-corrected chi connectivity index (χ3v) is 7.85. The fourth-order valence-electron chi connectivity index (χ4n) is 4.95. The van der Waals surface area contributed by atoms with Crippen LogP contribution in [0.4, 0.5) is 5.69 Å². The molecule has 0 radical (unpaired) electrons. The van der Waals surface area contributed by atoms with Gasteiger partial charge in [-0.3, -0.25) is 4.79 Å². The Balaban J connectivity index is 1.68. The monoisotopic (exact) mass is 377 g/mol. The molecule has 1 saturated carbocycles. The minimum absolute atomic E-state index is 0.184. The summed E-state index contributed by atoms with van der Waals surface area (Å²) < 4.78 is 27.3. The standard InChI is InChI=1S/C19H27N3O3S/c1-2-21-26(24,25)16-7-6-14-8-10-22(17(14)11-16)18(23)19-9-4-3-5-15(19)12-20-13-19/h6-7,11,15,20-21H,2-5,8-10,12-13H2,1H3/t15-,19+/m0/s1. The highest BCUT2D eigenvalue weighted by Gasteiger charge is 2.52. The summed E-state index contributed by atoms with van der Waals surface area (Å²) >= 11 is 0. The van der Waals surface area contributed by atoms with Gasteiger partial charge in [0.15, 0.2) is 0 Å². The van der Waals surface area contributed by atoms with Crippen LogP contribution in [-0.2, 0) is 21.2 Å². The van der Waals surface area contributed by atoms with Crippen molar-refractivity contribution in [1.29, 1.82) is 0 Å². The molecular formula is C19H27N3O3S. The summed E-state index contributed by atoms with van der Waals surface area (Å²) in [5, 5.41) is 3.43. The van der Waals surface area contributed by atoms with E-state index >= 15 is 0 Å². The summed E-state index contributed by atoms with van der Waals surface area (Å²) in [6, 6.07) is 5.18. The van der Waals surface area contributed by atoms with Crippen LogP contribution in [0.25, 0.3) is 0 Å². The zero-order valence-corrected chi connectivity index (χ0v) is 16.1. The van der Waals surface area contributed by atoms with E-state index in [-0.39, 0.29) is 16.2 Å². The minimum atomic E-state index is -3.53. The van der Waals surface area contributed by atoms with Crippen LogP contribution in [-0.4, -0.2) is 40.5 Å². The zero-order chi connectivity index (χ0) is 18.4. The number of carbonyl (C=O) groups is 1. The minimum Gasteiger partial charge on any atom is -0.315 e. The van der Waals surface area contributed by atoms with Crippen LogP contribution < -0.4 is 14.9 Å². The average Bonchev–Trinajstić information content (AvgIpc) is 3.25. The molecule has 142 valence electrons. The Kier molecular flexibility index (Phi) is 4.57. The molecule has 1 amide bonds. The molecule has 1 aromatic rings. The predicted molar refractivity (Wildman–Crippen MR) is 101 cm³/mol. The van der Waals surface area contributed by atoms with E-state index in [0.29, 0.717) is 19.0 Å². The number of hydrogen-bond acceptors (Lipinski definition) is 4. The van der Waals surface area contributed by atoms with Crippen molar-refractivity contribution >= 4 is 21.6 Å². The lowest BCUT2D eigenvalue weighted by molar-refractivity contribution is -0.131. The van der Waals surface area contributed by atoms with Crippen molar-refractivity contribution in [1.82, 2.24) is 10.0 Å². The van der Waals surface area contributed by atoms with E-state index in [0.717, 1.165) is 50.0 Å². The average molecular weight is 378 g/mol. The normalized spacial score (nSPS) is 28.0. The maximum Gasteiger partial charge on any atom is 0.240 e. The van der Waals surface area contributed by atoms with Crippen LogP contribution in [0.2, 0.25) is 0 Å². The summed E-state index contributed by atoms with van der Waals surface area (Å²) in [5.74, 6) is 0.588. The van der Waals surface area contributed by atoms with Gasteiger partial charge >= 0.3 is 0 Å². The lowest BCUT2D eigenvalue weighted by Gasteiger charge is -2.40. The Morgan fingerprint density at radius 3 is 3.04 bits per heavy atom. The highest BCUT2D eigenvalue weighted by atomic mass is 32.2. The number of carbonyl (C=O) groups excluding carboxylic acids is 1. The number of nitrogens with zero attached hydrogens (tertiary/aromatic N) is 1. The van der Waals surface area contributed by atoms with Crippen LogP contribution in [0.15, 0.2) is 23.1 Å². The van der Waals surface area contributed by atoms with Gasteiger partial charge in [-0.05, 0) is 49.4 Å². The Hall–Kier alpha value is -1.44. The van der Waals surface area contributed by atoms with E-state index in [1.807, 2.05) is 11.0 Å². The van der Waals surface area contributed by atoms with Crippen molar-refractivity contribution in [2.45, 2.75) is 43.9 Å². The van der Waals surface area contributed by atoms with Gasteiger partial charge in [-0.2, -0.15) is 0 Å². The molecule has 2 fully saturated rings. The lowest BCUT2D eigenvalue weighted by Crippen LogP contribution is -2.49. The molecule has 2 aliphatic heterocycles. The number of amides is 1. The molecular weight excluding hydrogens is 350 g/mol. The highest BCUT2D eigenvalue weighted by molar-refractivity contribution is 7.89. The molecule has 1 aromatic carbocycles. The molecule has 6 nitrogen and oxygen atoms in total. The van der Waals surface area contributed by atoms with Crippen molar-refractivity contribution in [3.63, 3.8) is 0 Å². The van der Waals surface area contributed by atoms with E-state index in [1.54, 1.807) is 19.1 Å². The molecule has 7 heteroatoms. The molecule has 4 rings (SSSR count). The van der Waals surface area contributed by atoms with Gasteiger partial charge < -0.3 is 10.2 Å². The topological polar surface area (TPSA) is 78.5 Å². The largest absolute Gasteiger partial charge is 0.315 e. The molecule has 0 spiro atoms. The van der Waals surface area contributed by atoms with Gasteiger partial charge in [-0.25, -0.2) is 13.1 Å². The quantitative estimate of drug-likeness (QED) is 0.836. The molecule has 26 heavy (non-hydrogen) atoms. The summed E-state index contributed by atoms with van der Waals surface area (Å²) in [6.07, 6.45) is 5.12. The maximum atomic E-state index is 13.6. The number of anilines is 1. The molecule has 2 N–H and O–H groups in total.